The van der Waals surface area contributed by atoms with Crippen LogP contribution in [0.2, 0.25) is 0 Å². The summed E-state index contributed by atoms with van der Waals surface area (Å²) in [6.45, 7) is 1.94. The summed E-state index contributed by atoms with van der Waals surface area (Å²) < 4.78 is 28.5. The first-order valence-corrected chi connectivity index (χ1v) is 8.70. The summed E-state index contributed by atoms with van der Waals surface area (Å²) in [6.07, 6.45) is 3.44. The molecule has 1 fully saturated rings. The second-order valence-corrected chi connectivity index (χ2v) is 6.23. The lowest BCUT2D eigenvalue weighted by Gasteiger charge is -2.35. The summed E-state index contributed by atoms with van der Waals surface area (Å²) in [7, 11) is 0. The van der Waals surface area contributed by atoms with Gasteiger partial charge in [0.1, 0.15) is 11.6 Å². The van der Waals surface area contributed by atoms with E-state index in [1.165, 1.54) is 0 Å². The van der Waals surface area contributed by atoms with E-state index in [-0.39, 0.29) is 5.69 Å². The summed E-state index contributed by atoms with van der Waals surface area (Å²) in [5, 5.41) is 14.9. The van der Waals surface area contributed by atoms with E-state index in [0.717, 1.165) is 18.2 Å². The minimum absolute atomic E-state index is 0.174. The molecular weight excluding hydrogens is 368 g/mol. The fraction of sp³-hybridized carbons (Fsp3) is 0.222. The monoisotopic (exact) mass is 385 g/mol. The number of carbonyl (C=O) groups is 1. The van der Waals surface area contributed by atoms with Crippen molar-refractivity contribution in [3.05, 3.63) is 60.4 Å². The van der Waals surface area contributed by atoms with Crippen LogP contribution in [-0.2, 0) is 0 Å². The Labute approximate surface area is 159 Å². The molecule has 0 aliphatic carbocycles. The lowest BCUT2D eigenvalue weighted by Crippen LogP contribution is -2.50. The summed E-state index contributed by atoms with van der Waals surface area (Å²) in [6, 6.07) is 7.94. The highest BCUT2D eigenvalue weighted by molar-refractivity contribution is 5.89. The molecule has 4 rings (SSSR count). The van der Waals surface area contributed by atoms with Gasteiger partial charge in [-0.05, 0) is 30.3 Å². The topological polar surface area (TPSA) is 79.2 Å². The molecule has 1 aliphatic heterocycles. The summed E-state index contributed by atoms with van der Waals surface area (Å²) in [4.78, 5) is 15.9. The molecule has 0 unspecified atom stereocenters. The normalized spacial score (nSPS) is 14.2. The number of benzene rings is 1. The van der Waals surface area contributed by atoms with Gasteiger partial charge in [0.05, 0.1) is 5.69 Å². The number of halogens is 2. The molecule has 28 heavy (non-hydrogen) atoms. The lowest BCUT2D eigenvalue weighted by atomic mass is 10.3. The number of anilines is 2. The van der Waals surface area contributed by atoms with Gasteiger partial charge in [-0.25, -0.2) is 18.3 Å². The van der Waals surface area contributed by atoms with Crippen LogP contribution in [0.1, 0.15) is 0 Å². The van der Waals surface area contributed by atoms with Gasteiger partial charge in [-0.15, -0.1) is 10.2 Å². The average Bonchev–Trinajstić information content (AvgIpc) is 3.26. The first-order chi connectivity index (χ1) is 13.6. The molecule has 0 bridgehead atoms. The Morgan fingerprint density at radius 1 is 1.00 bits per heavy atom. The number of nitrogens with one attached hydrogen (secondary N) is 1. The van der Waals surface area contributed by atoms with Gasteiger partial charge in [0.2, 0.25) is 0 Å². The zero-order chi connectivity index (χ0) is 19.5. The van der Waals surface area contributed by atoms with E-state index in [0.29, 0.717) is 37.8 Å². The highest BCUT2D eigenvalue weighted by atomic mass is 19.1. The lowest BCUT2D eigenvalue weighted by molar-refractivity contribution is 0.208. The van der Waals surface area contributed by atoms with Crippen LogP contribution in [0.5, 0.6) is 0 Å². The molecule has 10 heteroatoms. The van der Waals surface area contributed by atoms with E-state index in [1.54, 1.807) is 28.0 Å². The van der Waals surface area contributed by atoms with Crippen molar-refractivity contribution in [3.63, 3.8) is 0 Å². The Bertz CT molecular complexity index is 955. The summed E-state index contributed by atoms with van der Waals surface area (Å²) in [5.74, 6) is 0.0237. The van der Waals surface area contributed by atoms with Crippen LogP contribution in [-0.4, -0.2) is 57.1 Å². The van der Waals surface area contributed by atoms with Crippen molar-refractivity contribution in [2.24, 2.45) is 0 Å². The molecule has 2 amide bonds. The third-order valence-corrected chi connectivity index (χ3v) is 4.44. The van der Waals surface area contributed by atoms with Gasteiger partial charge in [0.15, 0.2) is 11.6 Å². The Kier molecular flexibility index (Phi) is 4.83. The molecule has 1 N–H and O–H groups in total. The summed E-state index contributed by atoms with van der Waals surface area (Å²) in [5.41, 5.74) is -0.174. The highest BCUT2D eigenvalue weighted by Gasteiger charge is 2.23. The maximum Gasteiger partial charge on any atom is 0.322 e. The molecule has 8 nitrogen and oxygen atoms in total. The number of nitrogens with zero attached hydrogens (tertiary/aromatic N) is 6. The standard InChI is InChI=1S/C18H17F2N7O/c19-13-2-3-14(20)15(12-13)22-18(28)26-10-8-25(9-11-26)16-4-5-17(24-23-16)27-7-1-6-21-27/h1-7,12H,8-11H2,(H,22,28). The molecule has 0 spiro atoms. The van der Waals surface area contributed by atoms with Gasteiger partial charge in [0.25, 0.3) is 0 Å². The van der Waals surface area contributed by atoms with Gasteiger partial charge >= 0.3 is 6.03 Å². The molecule has 1 saturated heterocycles. The SMILES string of the molecule is O=C(Nc1cc(F)ccc1F)N1CCN(c2ccc(-n3cccn3)nn2)CC1. The van der Waals surface area contributed by atoms with Crippen molar-refractivity contribution >= 4 is 17.5 Å². The van der Waals surface area contributed by atoms with Crippen LogP contribution in [0.15, 0.2) is 48.8 Å². The molecule has 1 aliphatic rings. The average molecular weight is 385 g/mol. The smallest absolute Gasteiger partial charge is 0.322 e. The van der Waals surface area contributed by atoms with Gasteiger partial charge in [-0.1, -0.05) is 0 Å². The number of carbonyl (C=O) groups excluding carboxylic acids is 1. The van der Waals surface area contributed by atoms with Crippen LogP contribution in [0.25, 0.3) is 5.82 Å². The maximum absolute atomic E-state index is 13.7. The van der Waals surface area contributed by atoms with Crippen LogP contribution in [0.4, 0.5) is 25.1 Å². The first-order valence-electron chi connectivity index (χ1n) is 8.70. The minimum Gasteiger partial charge on any atom is -0.352 e. The molecule has 0 radical (unpaired) electrons. The van der Waals surface area contributed by atoms with Gasteiger partial charge in [-0.3, -0.25) is 0 Å². The van der Waals surface area contributed by atoms with Gasteiger partial charge in [0, 0.05) is 44.6 Å². The van der Waals surface area contributed by atoms with Gasteiger partial charge in [-0.2, -0.15) is 5.10 Å². The molecule has 3 aromatic rings. The Hall–Kier alpha value is -3.56. The van der Waals surface area contributed by atoms with Crippen molar-refractivity contribution in [1.82, 2.24) is 24.9 Å². The second kappa shape index (κ2) is 7.59. The molecule has 144 valence electrons. The third-order valence-electron chi connectivity index (χ3n) is 4.44. The Morgan fingerprint density at radius 3 is 2.43 bits per heavy atom. The van der Waals surface area contributed by atoms with Crippen molar-refractivity contribution in [1.29, 1.82) is 0 Å². The Morgan fingerprint density at radius 2 is 1.75 bits per heavy atom. The van der Waals surface area contributed by atoms with Crippen molar-refractivity contribution in [2.75, 3.05) is 36.4 Å². The zero-order valence-electron chi connectivity index (χ0n) is 14.8. The zero-order valence-corrected chi connectivity index (χ0v) is 14.8. The van der Waals surface area contributed by atoms with E-state index in [2.05, 4.69) is 20.6 Å². The van der Waals surface area contributed by atoms with Crippen molar-refractivity contribution in [3.8, 4) is 5.82 Å². The van der Waals surface area contributed by atoms with Crippen LogP contribution in [0.3, 0.4) is 0 Å². The minimum atomic E-state index is -0.680. The number of hydrogen-bond acceptors (Lipinski definition) is 5. The van der Waals surface area contributed by atoms with Crippen LogP contribution in [0, 0.1) is 11.6 Å². The molecule has 2 aromatic heterocycles. The number of aromatic nitrogens is 4. The predicted molar refractivity (Wildman–Crippen MR) is 98.3 cm³/mol. The first kappa shape index (κ1) is 17.8. The third kappa shape index (κ3) is 3.75. The maximum atomic E-state index is 13.7. The fourth-order valence-corrected chi connectivity index (χ4v) is 2.94. The van der Waals surface area contributed by atoms with E-state index >= 15 is 0 Å². The molecule has 3 heterocycles. The summed E-state index contributed by atoms with van der Waals surface area (Å²) >= 11 is 0. The quantitative estimate of drug-likeness (QED) is 0.748. The fourth-order valence-electron chi connectivity index (χ4n) is 2.94. The van der Waals surface area contributed by atoms with Gasteiger partial charge < -0.3 is 15.1 Å². The van der Waals surface area contributed by atoms with Crippen molar-refractivity contribution in [2.45, 2.75) is 0 Å². The number of rotatable bonds is 3. The molecule has 0 atom stereocenters. The van der Waals surface area contributed by atoms with Crippen LogP contribution >= 0.6 is 0 Å². The molecule has 1 aromatic carbocycles. The van der Waals surface area contributed by atoms with Crippen LogP contribution < -0.4 is 10.2 Å². The van der Waals surface area contributed by atoms with E-state index < -0.39 is 17.7 Å². The van der Waals surface area contributed by atoms with E-state index in [9.17, 15) is 13.6 Å². The second-order valence-electron chi connectivity index (χ2n) is 6.23. The predicted octanol–water partition coefficient (Wildman–Crippen LogP) is 2.29. The highest BCUT2D eigenvalue weighted by Crippen LogP contribution is 2.18. The molecular formula is C18H17F2N7O. The largest absolute Gasteiger partial charge is 0.352 e. The number of piperazine rings is 1. The Balaban J connectivity index is 1.35. The van der Waals surface area contributed by atoms with E-state index in [4.69, 9.17) is 0 Å². The van der Waals surface area contributed by atoms with Crippen molar-refractivity contribution < 1.29 is 13.6 Å². The number of hydrogen-bond donors (Lipinski definition) is 1. The molecule has 0 saturated carbocycles. The van der Waals surface area contributed by atoms with E-state index in [1.807, 2.05) is 17.0 Å². The number of urea groups is 1. The number of amides is 2.